The highest BCUT2D eigenvalue weighted by molar-refractivity contribution is 5.19. The molecule has 0 aliphatic carbocycles. The van der Waals surface area contributed by atoms with Crippen molar-refractivity contribution < 1.29 is 47.4 Å². The molecule has 2 saturated heterocycles. The van der Waals surface area contributed by atoms with E-state index in [9.17, 15) is 0 Å². The van der Waals surface area contributed by atoms with Crippen LogP contribution in [0.1, 0.15) is 33.4 Å². The fraction of sp³-hybridized carbons (Fsp3) is 0.309. The summed E-state index contributed by atoms with van der Waals surface area (Å²) < 4.78 is 67.4. The molecule has 2 aliphatic rings. The minimum Gasteiger partial charge on any atom is -0.464 e. The van der Waals surface area contributed by atoms with Gasteiger partial charge in [0.1, 0.15) is 48.5 Å². The number of hydrogen-bond donors (Lipinski definition) is 0. The van der Waals surface area contributed by atoms with E-state index in [4.69, 9.17) is 47.4 Å². The van der Waals surface area contributed by atoms with E-state index in [2.05, 4.69) is 6.58 Å². The second-order valence-corrected chi connectivity index (χ2v) is 16.1. The molecule has 0 radical (unpaired) electrons. The van der Waals surface area contributed by atoms with Gasteiger partial charge in [-0.25, -0.2) is 0 Å². The lowest BCUT2D eigenvalue weighted by Gasteiger charge is -2.49. The Labute approximate surface area is 382 Å². The van der Waals surface area contributed by atoms with Gasteiger partial charge in [0.2, 0.25) is 6.29 Å². The summed E-state index contributed by atoms with van der Waals surface area (Å²) in [5.41, 5.74) is 5.92. The van der Waals surface area contributed by atoms with Crippen LogP contribution in [0.3, 0.4) is 0 Å². The lowest BCUT2D eigenvalue weighted by Crippen LogP contribution is -2.64. The third kappa shape index (κ3) is 13.1. The molecule has 2 aliphatic heterocycles. The van der Waals surface area contributed by atoms with Crippen LogP contribution >= 0.6 is 0 Å². The Kier molecular flexibility index (Phi) is 17.1. The van der Waals surface area contributed by atoms with E-state index in [0.29, 0.717) is 19.0 Å². The first-order valence-corrected chi connectivity index (χ1v) is 22.2. The molecule has 6 aromatic rings. The zero-order chi connectivity index (χ0) is 44.5. The molecular formula is C55H58O10. The van der Waals surface area contributed by atoms with Gasteiger partial charge in [-0.3, -0.25) is 0 Å². The maximum atomic E-state index is 7.28. The molecule has 8 rings (SSSR count). The standard InChI is InChI=1S/C55H58O10/c1-40-48(58-34-42-23-11-4-12-24-42)50(59-35-43-25-13-5-14-26-43)53(62-38-46-31-19-8-20-32-46)55(63-40)65-49-47(39-57-33-41-21-9-3-10-22-41)64-54(56-2)52(61-37-45-29-17-7-18-30-45)51(49)60-36-44-27-15-6-16-28-44/h3-32,47-55H,1,33-39H2,2H3/t47-,48-,49-,50+,51+,52-,53-,54+,55-/m1/s1. The van der Waals surface area contributed by atoms with Gasteiger partial charge in [0, 0.05) is 7.11 Å². The first kappa shape index (κ1) is 46.0. The quantitative estimate of drug-likeness (QED) is 0.0657. The van der Waals surface area contributed by atoms with Gasteiger partial charge in [0.25, 0.3) is 0 Å². The van der Waals surface area contributed by atoms with E-state index < -0.39 is 55.3 Å². The summed E-state index contributed by atoms with van der Waals surface area (Å²) in [5.74, 6) is 0.338. The summed E-state index contributed by atoms with van der Waals surface area (Å²) in [6.07, 6.45) is -7.28. The molecule has 9 atom stereocenters. The lowest BCUT2D eigenvalue weighted by atomic mass is 9.97. The molecule has 10 nitrogen and oxygen atoms in total. The van der Waals surface area contributed by atoms with E-state index in [0.717, 1.165) is 33.4 Å². The molecule has 6 aromatic carbocycles. The zero-order valence-corrected chi connectivity index (χ0v) is 36.8. The van der Waals surface area contributed by atoms with Crippen LogP contribution < -0.4 is 0 Å². The smallest absolute Gasteiger partial charge is 0.229 e. The third-order valence-corrected chi connectivity index (χ3v) is 11.4. The van der Waals surface area contributed by atoms with Gasteiger partial charge >= 0.3 is 0 Å². The minimum atomic E-state index is -1.08. The molecule has 2 heterocycles. The summed E-state index contributed by atoms with van der Waals surface area (Å²) in [6.45, 7) is 6.25. The van der Waals surface area contributed by atoms with Crippen LogP contribution in [0.25, 0.3) is 0 Å². The molecule has 0 bridgehead atoms. The predicted molar refractivity (Wildman–Crippen MR) is 246 cm³/mol. The number of methoxy groups -OCH3 is 1. The molecule has 0 unspecified atom stereocenters. The lowest BCUT2D eigenvalue weighted by molar-refractivity contribution is -0.356. The van der Waals surface area contributed by atoms with E-state index in [1.807, 2.05) is 182 Å². The van der Waals surface area contributed by atoms with E-state index in [-0.39, 0.29) is 33.0 Å². The predicted octanol–water partition coefficient (Wildman–Crippen LogP) is 9.76. The number of benzene rings is 6. The normalized spacial score (nSPS) is 24.3. The summed E-state index contributed by atoms with van der Waals surface area (Å²) in [5, 5.41) is 0. The number of hydrogen-bond acceptors (Lipinski definition) is 10. The highest BCUT2D eigenvalue weighted by Gasteiger charge is 2.53. The van der Waals surface area contributed by atoms with Gasteiger partial charge in [-0.05, 0) is 33.4 Å². The maximum absolute atomic E-state index is 7.28. The summed E-state index contributed by atoms with van der Waals surface area (Å²) >= 11 is 0. The third-order valence-electron chi connectivity index (χ3n) is 11.4. The molecule has 0 spiro atoms. The van der Waals surface area contributed by atoms with Crippen LogP contribution in [0.4, 0.5) is 0 Å². The number of rotatable bonds is 22. The van der Waals surface area contributed by atoms with Crippen LogP contribution in [0.5, 0.6) is 0 Å². The first-order chi connectivity index (χ1) is 32.1. The van der Waals surface area contributed by atoms with Crippen molar-refractivity contribution >= 4 is 0 Å². The van der Waals surface area contributed by atoms with Gasteiger partial charge in [-0.15, -0.1) is 0 Å². The van der Waals surface area contributed by atoms with Gasteiger partial charge in [-0.1, -0.05) is 189 Å². The molecule has 0 N–H and O–H groups in total. The first-order valence-electron chi connectivity index (χ1n) is 22.2. The molecule has 0 saturated carbocycles. The summed E-state index contributed by atoms with van der Waals surface area (Å²) in [4.78, 5) is 0. The molecular weight excluding hydrogens is 821 g/mol. The van der Waals surface area contributed by atoms with Crippen molar-refractivity contribution in [3.63, 3.8) is 0 Å². The van der Waals surface area contributed by atoms with Crippen molar-refractivity contribution in [1.29, 1.82) is 0 Å². The fourth-order valence-corrected chi connectivity index (χ4v) is 8.02. The Morgan fingerprint density at radius 2 is 0.754 bits per heavy atom. The Morgan fingerprint density at radius 3 is 1.17 bits per heavy atom. The van der Waals surface area contributed by atoms with Crippen molar-refractivity contribution in [2.45, 2.75) is 94.9 Å². The second-order valence-electron chi connectivity index (χ2n) is 16.1. The van der Waals surface area contributed by atoms with Crippen molar-refractivity contribution in [2.75, 3.05) is 13.7 Å². The van der Waals surface area contributed by atoms with Crippen LogP contribution in [0, 0.1) is 0 Å². The van der Waals surface area contributed by atoms with E-state index >= 15 is 0 Å². The molecule has 65 heavy (non-hydrogen) atoms. The van der Waals surface area contributed by atoms with Gasteiger partial charge in [0.15, 0.2) is 6.29 Å². The highest BCUT2D eigenvalue weighted by Crippen LogP contribution is 2.37. The zero-order valence-electron chi connectivity index (χ0n) is 36.8. The largest absolute Gasteiger partial charge is 0.464 e. The van der Waals surface area contributed by atoms with Crippen LogP contribution in [0.2, 0.25) is 0 Å². The average Bonchev–Trinajstić information content (AvgIpc) is 3.36. The topological polar surface area (TPSA) is 92.3 Å². The van der Waals surface area contributed by atoms with Crippen molar-refractivity contribution in [3.8, 4) is 0 Å². The number of ether oxygens (including phenoxy) is 10. The van der Waals surface area contributed by atoms with Crippen molar-refractivity contribution in [1.82, 2.24) is 0 Å². The molecule has 0 amide bonds. The van der Waals surface area contributed by atoms with Gasteiger partial charge in [-0.2, -0.15) is 0 Å². The monoisotopic (exact) mass is 878 g/mol. The molecule has 0 aromatic heterocycles. The van der Waals surface area contributed by atoms with Crippen molar-refractivity contribution in [3.05, 3.63) is 228 Å². The van der Waals surface area contributed by atoms with Crippen LogP contribution in [0.15, 0.2) is 194 Å². The molecule has 10 heteroatoms. The second kappa shape index (κ2) is 24.1. The Bertz CT molecular complexity index is 2250. The SMILES string of the molecule is C=C1O[C@H](O[C@H]2[C@H](OCc3ccccc3)[C@@H](OCc3ccccc3)[C@@H](OC)O[C@@H]2COCc2ccccc2)[C@H](OCc2ccccc2)[C@@H](OCc2ccccc2)[C@@H]1OCc1ccccc1. The molecule has 2 fully saturated rings. The summed E-state index contributed by atoms with van der Waals surface area (Å²) in [7, 11) is 1.60. The summed E-state index contributed by atoms with van der Waals surface area (Å²) in [6, 6.07) is 59.9. The van der Waals surface area contributed by atoms with E-state index in [1.54, 1.807) is 7.11 Å². The average molecular weight is 879 g/mol. The van der Waals surface area contributed by atoms with Gasteiger partial charge < -0.3 is 47.4 Å². The maximum Gasteiger partial charge on any atom is 0.229 e. The minimum absolute atomic E-state index is 0.135. The van der Waals surface area contributed by atoms with Gasteiger partial charge in [0.05, 0.1) is 46.2 Å². The Hall–Kier alpha value is -5.50. The highest BCUT2D eigenvalue weighted by atomic mass is 16.8. The fourth-order valence-electron chi connectivity index (χ4n) is 8.02. The Balaban J connectivity index is 1.15. The van der Waals surface area contributed by atoms with Crippen molar-refractivity contribution in [2.24, 2.45) is 0 Å². The van der Waals surface area contributed by atoms with Crippen LogP contribution in [-0.2, 0) is 87.0 Å². The molecule has 338 valence electrons. The Morgan fingerprint density at radius 1 is 0.400 bits per heavy atom. The van der Waals surface area contributed by atoms with Crippen LogP contribution in [-0.4, -0.2) is 69.0 Å². The van der Waals surface area contributed by atoms with E-state index in [1.165, 1.54) is 0 Å².